The molecule has 1 aromatic carbocycles. The van der Waals surface area contributed by atoms with Crippen LogP contribution in [0.4, 0.5) is 0 Å². The van der Waals surface area contributed by atoms with E-state index in [4.69, 9.17) is 4.42 Å². The molecule has 2 heterocycles. The topological polar surface area (TPSA) is 74.9 Å². The van der Waals surface area contributed by atoms with E-state index in [0.717, 1.165) is 11.1 Å². The molecule has 1 aliphatic rings. The molecule has 0 radical (unpaired) electrons. The molecule has 1 atom stereocenters. The first-order valence-corrected chi connectivity index (χ1v) is 7.82. The largest absolute Gasteiger partial charge is 0.467 e. The van der Waals surface area contributed by atoms with Gasteiger partial charge in [0.1, 0.15) is 5.76 Å². The summed E-state index contributed by atoms with van der Waals surface area (Å²) >= 11 is 0. The van der Waals surface area contributed by atoms with Gasteiger partial charge in [-0.1, -0.05) is 24.3 Å². The smallest absolute Gasteiger partial charge is 0.245 e. The van der Waals surface area contributed by atoms with Gasteiger partial charge in [0.15, 0.2) is 0 Å². The fraction of sp³-hybridized carbons (Fsp3) is 0.278. The van der Waals surface area contributed by atoms with E-state index < -0.39 is 0 Å². The fourth-order valence-corrected chi connectivity index (χ4v) is 2.68. The van der Waals surface area contributed by atoms with Crippen molar-refractivity contribution in [3.05, 3.63) is 59.5 Å². The molecule has 24 heavy (non-hydrogen) atoms. The van der Waals surface area contributed by atoms with E-state index in [9.17, 15) is 9.59 Å². The zero-order valence-corrected chi connectivity index (χ0v) is 13.4. The average molecular weight is 325 g/mol. The molecule has 1 aliphatic heterocycles. The lowest BCUT2D eigenvalue weighted by Crippen LogP contribution is -2.30. The number of rotatable bonds is 5. The van der Waals surface area contributed by atoms with Crippen LogP contribution in [0.3, 0.4) is 0 Å². The molecular weight excluding hydrogens is 306 g/mol. The van der Waals surface area contributed by atoms with E-state index in [1.54, 1.807) is 23.4 Å². The van der Waals surface area contributed by atoms with Crippen molar-refractivity contribution < 1.29 is 14.0 Å². The molecule has 1 N–H and O–H groups in total. The van der Waals surface area contributed by atoms with Gasteiger partial charge in [0.05, 0.1) is 24.9 Å². The molecule has 2 amide bonds. The lowest BCUT2D eigenvalue weighted by molar-refractivity contribution is -0.129. The molecule has 3 rings (SSSR count). The molecule has 6 nitrogen and oxygen atoms in total. The number of benzene rings is 1. The summed E-state index contributed by atoms with van der Waals surface area (Å²) in [5, 5.41) is 4.00. The summed E-state index contributed by atoms with van der Waals surface area (Å²) in [5.41, 5.74) is 4.55. The van der Waals surface area contributed by atoms with Crippen molar-refractivity contribution in [2.45, 2.75) is 19.9 Å². The lowest BCUT2D eigenvalue weighted by Gasteiger charge is -2.14. The van der Waals surface area contributed by atoms with Gasteiger partial charge in [-0.25, -0.2) is 5.43 Å². The predicted octanol–water partition coefficient (Wildman–Crippen LogP) is 2.09. The zero-order chi connectivity index (χ0) is 16.9. The first-order chi connectivity index (χ1) is 11.6. The fourth-order valence-electron chi connectivity index (χ4n) is 2.68. The second kappa shape index (κ2) is 7.12. The Balaban J connectivity index is 1.54. The van der Waals surface area contributed by atoms with Crippen molar-refractivity contribution in [1.82, 2.24) is 10.3 Å². The number of hydrogen-bond donors (Lipinski definition) is 1. The highest BCUT2D eigenvalue weighted by Gasteiger charge is 2.34. The molecule has 1 saturated heterocycles. The standard InChI is InChI=1S/C18H19N3O3/c1-13-5-2-3-6-14(13)10-19-20-18(23)15-9-17(22)21(11-15)12-16-7-4-8-24-16/h2-8,10,15H,9,11-12H2,1H3,(H,20,23)/b19-10+. The predicted molar refractivity (Wildman–Crippen MR) is 89.1 cm³/mol. The van der Waals surface area contributed by atoms with Gasteiger partial charge in [-0.2, -0.15) is 5.10 Å². The summed E-state index contributed by atoms with van der Waals surface area (Å²) in [6.07, 6.45) is 3.39. The summed E-state index contributed by atoms with van der Waals surface area (Å²) in [6.45, 7) is 2.75. The summed E-state index contributed by atoms with van der Waals surface area (Å²) in [5.74, 6) is 0.0352. The number of carbonyl (C=O) groups excluding carboxylic acids is 2. The third-order valence-corrected chi connectivity index (χ3v) is 4.08. The maximum Gasteiger partial charge on any atom is 0.245 e. The molecule has 1 aromatic heterocycles. The monoisotopic (exact) mass is 325 g/mol. The van der Waals surface area contributed by atoms with Crippen LogP contribution in [-0.4, -0.2) is 29.5 Å². The van der Waals surface area contributed by atoms with Gasteiger partial charge in [0, 0.05) is 13.0 Å². The summed E-state index contributed by atoms with van der Waals surface area (Å²) in [6, 6.07) is 11.4. The first kappa shape index (κ1) is 16.0. The lowest BCUT2D eigenvalue weighted by atomic mass is 10.1. The molecule has 0 spiro atoms. The molecular formula is C18H19N3O3. The van der Waals surface area contributed by atoms with E-state index in [1.165, 1.54) is 0 Å². The molecule has 1 unspecified atom stereocenters. The maximum absolute atomic E-state index is 12.2. The van der Waals surface area contributed by atoms with E-state index >= 15 is 0 Å². The summed E-state index contributed by atoms with van der Waals surface area (Å²) in [7, 11) is 0. The van der Waals surface area contributed by atoms with Crippen LogP contribution in [-0.2, 0) is 16.1 Å². The molecule has 0 aliphatic carbocycles. The number of nitrogens with one attached hydrogen (secondary N) is 1. The minimum absolute atomic E-state index is 0.0468. The highest BCUT2D eigenvalue weighted by Crippen LogP contribution is 2.20. The van der Waals surface area contributed by atoms with Crippen LogP contribution >= 0.6 is 0 Å². The molecule has 0 saturated carbocycles. The highest BCUT2D eigenvalue weighted by molar-refractivity contribution is 5.90. The normalized spacial score (nSPS) is 17.6. The summed E-state index contributed by atoms with van der Waals surface area (Å²) < 4.78 is 5.25. The van der Waals surface area contributed by atoms with E-state index in [2.05, 4.69) is 10.5 Å². The second-order valence-electron chi connectivity index (χ2n) is 5.85. The van der Waals surface area contributed by atoms with Gasteiger partial charge in [0.2, 0.25) is 11.8 Å². The highest BCUT2D eigenvalue weighted by atomic mass is 16.3. The van der Waals surface area contributed by atoms with E-state index in [0.29, 0.717) is 18.8 Å². The van der Waals surface area contributed by atoms with Crippen molar-refractivity contribution in [1.29, 1.82) is 0 Å². The van der Waals surface area contributed by atoms with Gasteiger partial charge < -0.3 is 9.32 Å². The SMILES string of the molecule is Cc1ccccc1/C=N/NC(=O)C1CC(=O)N(Cc2ccco2)C1. The van der Waals surface area contributed by atoms with Crippen LogP contribution in [0.2, 0.25) is 0 Å². The van der Waals surface area contributed by atoms with Gasteiger partial charge in [-0.3, -0.25) is 9.59 Å². The number of nitrogens with zero attached hydrogens (tertiary/aromatic N) is 2. The summed E-state index contributed by atoms with van der Waals surface area (Å²) in [4.78, 5) is 25.8. The number of likely N-dealkylation sites (tertiary alicyclic amines) is 1. The van der Waals surface area contributed by atoms with E-state index in [-0.39, 0.29) is 24.2 Å². The minimum atomic E-state index is -0.388. The Morgan fingerprint density at radius 2 is 2.21 bits per heavy atom. The second-order valence-corrected chi connectivity index (χ2v) is 5.85. The number of amides is 2. The Hall–Kier alpha value is -2.89. The maximum atomic E-state index is 12.2. The number of carbonyl (C=O) groups is 2. The van der Waals surface area contributed by atoms with Gasteiger partial charge in [-0.05, 0) is 30.2 Å². The zero-order valence-electron chi connectivity index (χ0n) is 13.4. The number of hydrogen-bond acceptors (Lipinski definition) is 4. The average Bonchev–Trinajstić information content (AvgIpc) is 3.20. The Morgan fingerprint density at radius 1 is 1.38 bits per heavy atom. The van der Waals surface area contributed by atoms with Gasteiger partial charge >= 0.3 is 0 Å². The van der Waals surface area contributed by atoms with Crippen molar-refractivity contribution in [3.63, 3.8) is 0 Å². The van der Waals surface area contributed by atoms with Crippen LogP contribution in [0, 0.1) is 12.8 Å². The minimum Gasteiger partial charge on any atom is -0.467 e. The van der Waals surface area contributed by atoms with Crippen LogP contribution in [0.5, 0.6) is 0 Å². The Bertz CT molecular complexity index is 753. The quantitative estimate of drug-likeness (QED) is 0.675. The number of furan rings is 1. The third kappa shape index (κ3) is 3.71. The van der Waals surface area contributed by atoms with Gasteiger partial charge in [0.25, 0.3) is 0 Å². The van der Waals surface area contributed by atoms with Crippen LogP contribution < -0.4 is 5.43 Å². The molecule has 2 aromatic rings. The van der Waals surface area contributed by atoms with Crippen molar-refractivity contribution >= 4 is 18.0 Å². The van der Waals surface area contributed by atoms with Crippen LogP contribution in [0.1, 0.15) is 23.3 Å². The first-order valence-electron chi connectivity index (χ1n) is 7.82. The Morgan fingerprint density at radius 3 is 2.96 bits per heavy atom. The molecule has 1 fully saturated rings. The number of hydrazone groups is 1. The van der Waals surface area contributed by atoms with Gasteiger partial charge in [-0.15, -0.1) is 0 Å². The molecule has 0 bridgehead atoms. The number of aryl methyl sites for hydroxylation is 1. The van der Waals surface area contributed by atoms with Crippen LogP contribution in [0.25, 0.3) is 0 Å². The Kier molecular flexibility index (Phi) is 4.74. The van der Waals surface area contributed by atoms with Crippen molar-refractivity contribution in [3.8, 4) is 0 Å². The van der Waals surface area contributed by atoms with E-state index in [1.807, 2.05) is 37.3 Å². The van der Waals surface area contributed by atoms with Crippen molar-refractivity contribution in [2.75, 3.05) is 6.54 Å². The third-order valence-electron chi connectivity index (χ3n) is 4.08. The Labute approximate surface area is 140 Å². The molecule has 6 heteroatoms. The van der Waals surface area contributed by atoms with Crippen molar-refractivity contribution in [2.24, 2.45) is 11.0 Å². The molecule has 124 valence electrons. The van der Waals surface area contributed by atoms with Crippen LogP contribution in [0.15, 0.2) is 52.2 Å².